The molecule has 3 aliphatic heterocycles. The largest absolute Gasteiger partial charge is 1.00 e. The number of carbonyl (C=O) groups is 2. The molecular weight excluding hydrogens is 2130 g/mol. The number of ether oxygens (including phenoxy) is 6. The standard InChI is InChI=1S/4C13H9BrO2.C10H2.C9H4.C7H5BrO2.C6H5.IO4.Li.Na.H8P6.H7P5/c3*14-10-7-4-8-11-12(10)16-13(15-11)9-5-2-1-3-6-9;14-11-8-4-7-10(13(11)16)12(15)9-5-2-1-3-6-9;1-3-5-7-9-10-8-6-4-2;1-3-5-7-9-8-6-4-2;8-6-3-1-2-5(4-9)7(6)10;1-2-4-6-5-3-1;2-1(3,4)5;;;1-5(2)6(3)4;1-4-5(2)3/h3*1-8,13H;1-8,16H;1-2H;1H,2H3;1-4,10H;1-5H;;;;1-4H2;4H,1-3H2/q;;;;;;;2*-1;2*+1;;. The summed E-state index contributed by atoms with van der Waals surface area (Å²) in [4.78, 5) is 22.2. The fourth-order valence-corrected chi connectivity index (χ4v) is 9.94. The number of para-hydroxylation sites is 5. The predicted octanol–water partition coefficient (Wildman–Crippen LogP) is 11.2. The molecule has 0 spiro atoms. The Kier molecular flexibility index (Phi) is 62.1. The molecule has 117 heavy (non-hydrogen) atoms. The topological polar surface area (TPSA) is 222 Å². The third kappa shape index (κ3) is 46.9. The van der Waals surface area contributed by atoms with Crippen molar-refractivity contribution < 1.29 is 130 Å². The molecule has 10 aromatic carbocycles. The van der Waals surface area contributed by atoms with Gasteiger partial charge in [-0.15, -0.1) is 81.8 Å². The second-order valence-electron chi connectivity index (χ2n) is 20.6. The van der Waals surface area contributed by atoms with Crippen LogP contribution < -0.4 is 111 Å². The monoisotopic (exact) mass is 2190 g/mol. The van der Waals surface area contributed by atoms with E-state index >= 15 is 0 Å². The minimum absolute atomic E-state index is 0. The van der Waals surface area contributed by atoms with Crippen molar-refractivity contribution in [2.75, 3.05) is 0 Å². The molecule has 2 N–H and O–H groups in total. The molecule has 0 fully saturated rings. The summed E-state index contributed by atoms with van der Waals surface area (Å²) in [5.74, 6) is 39.8. The molecule has 0 bridgehead atoms. The Balaban J connectivity index is 0.000000658. The van der Waals surface area contributed by atoms with E-state index < -0.39 is 20.1 Å². The van der Waals surface area contributed by atoms with Gasteiger partial charge in [-0.2, -0.15) is 36.4 Å². The number of aldehydes is 1. The van der Waals surface area contributed by atoms with Gasteiger partial charge in [0.2, 0.25) is 0 Å². The molecule has 0 radical (unpaired) electrons. The maximum Gasteiger partial charge on any atom is 1.00 e. The molecule has 11 atom stereocenters. The summed E-state index contributed by atoms with van der Waals surface area (Å²) in [7, 11) is 20.4. The van der Waals surface area contributed by atoms with Gasteiger partial charge in [-0.25, -0.2) is 0 Å². The molecule has 11 unspecified atom stereocenters. The van der Waals surface area contributed by atoms with Crippen LogP contribution in [0.15, 0.2) is 265 Å². The summed E-state index contributed by atoms with van der Waals surface area (Å²) in [5, 5.41) is 18.9. The molecule has 3 aliphatic rings. The molecule has 14 nitrogen and oxygen atoms in total. The third-order valence-electron chi connectivity index (χ3n) is 12.7. The third-order valence-corrected chi connectivity index (χ3v) is 49.1. The fourth-order valence-electron chi connectivity index (χ4n) is 7.87. The van der Waals surface area contributed by atoms with E-state index in [1.54, 1.807) is 67.6 Å². The molecule has 586 valence electrons. The summed E-state index contributed by atoms with van der Waals surface area (Å²) >= 11 is 10.6. The van der Waals surface area contributed by atoms with Gasteiger partial charge in [-0.3, -0.25) is 23.3 Å². The van der Waals surface area contributed by atoms with Gasteiger partial charge < -0.3 is 38.6 Å². The van der Waals surface area contributed by atoms with E-state index in [0.29, 0.717) is 31.9 Å². The fraction of sp³-hybridized carbons (Fsp3) is 0.0476. The van der Waals surface area contributed by atoms with E-state index in [1.165, 1.54) is 0 Å². The Hall–Kier alpha value is -4.72. The Morgan fingerprint density at radius 1 is 0.444 bits per heavy atom. The van der Waals surface area contributed by atoms with Crippen LogP contribution in [0.3, 0.4) is 0 Å². The number of benzene rings is 10. The van der Waals surface area contributed by atoms with Gasteiger partial charge in [0.1, 0.15) is 31.6 Å². The summed E-state index contributed by atoms with van der Waals surface area (Å²) in [6.07, 6.45) is 14.0. The maximum atomic E-state index is 12.0. The van der Waals surface area contributed by atoms with E-state index in [1.807, 2.05) is 182 Å². The smallest absolute Gasteiger partial charge is 0.506 e. The Morgan fingerprint density at radius 2 is 0.735 bits per heavy atom. The predicted molar refractivity (Wildman–Crippen MR) is 502 cm³/mol. The second-order valence-corrected chi connectivity index (χ2v) is 60.7. The molecule has 0 aromatic heterocycles. The summed E-state index contributed by atoms with van der Waals surface area (Å²) < 4.78 is 72.7. The number of ketones is 1. The number of fused-ring (bicyclic) bond motifs is 3. The summed E-state index contributed by atoms with van der Waals surface area (Å²) in [6, 6.07) is 78.3. The van der Waals surface area contributed by atoms with Crippen molar-refractivity contribution in [1.29, 1.82) is 0 Å². The average Bonchev–Trinajstić information content (AvgIpc) is 1.72. The molecule has 0 saturated carbocycles. The van der Waals surface area contributed by atoms with Crippen molar-refractivity contribution in [3.8, 4) is 154 Å². The minimum Gasteiger partial charge on any atom is -0.506 e. The molecule has 3 heterocycles. The van der Waals surface area contributed by atoms with E-state index in [2.05, 4.69) is 237 Å². The Morgan fingerprint density at radius 3 is 1.01 bits per heavy atom. The quantitative estimate of drug-likeness (QED) is 0.0275. The van der Waals surface area contributed by atoms with Crippen molar-refractivity contribution in [3.05, 3.63) is 304 Å². The van der Waals surface area contributed by atoms with Gasteiger partial charge in [-0.05, 0) is 251 Å². The van der Waals surface area contributed by atoms with E-state index in [-0.39, 0.29) is 106 Å². The number of rotatable bonds is 8. The van der Waals surface area contributed by atoms with Crippen molar-refractivity contribution in [2.45, 2.75) is 25.8 Å². The number of carbonyl (C=O) groups excluding carboxylic acids is 2. The van der Waals surface area contributed by atoms with E-state index in [0.717, 1.165) is 72.6 Å². The number of halogens is 6. The van der Waals surface area contributed by atoms with E-state index in [4.69, 9.17) is 66.5 Å². The minimum atomic E-state index is -5.94. The molecule has 33 heteroatoms. The zero-order chi connectivity index (χ0) is 84.8. The van der Waals surface area contributed by atoms with Crippen LogP contribution in [0.25, 0.3) is 0 Å². The number of aromatic hydroxyl groups is 2. The summed E-state index contributed by atoms with van der Waals surface area (Å²) in [5.41, 5.74) is 4.23. The van der Waals surface area contributed by atoms with Crippen LogP contribution in [0.2, 0.25) is 0 Å². The first kappa shape index (κ1) is 110. The van der Waals surface area contributed by atoms with E-state index in [9.17, 15) is 14.7 Å². The van der Waals surface area contributed by atoms with Crippen LogP contribution in [-0.4, -0.2) is 22.3 Å². The normalized spacial score (nSPS) is 11.9. The Bertz CT molecular complexity index is 4950. The number of phenols is 2. The van der Waals surface area contributed by atoms with Crippen LogP contribution in [0, 0.1) is 114 Å². The number of phenolic OH excluding ortho intramolecular Hbond substituents is 2. The van der Waals surface area contributed by atoms with Gasteiger partial charge in [0.05, 0.1) is 33.5 Å². The molecule has 0 aliphatic carbocycles. The molecule has 10 aromatic rings. The average molecular weight is 2200 g/mol. The van der Waals surface area contributed by atoms with Gasteiger partial charge in [-0.1, -0.05) is 166 Å². The van der Waals surface area contributed by atoms with Gasteiger partial charge >= 0.3 is 48.4 Å². The van der Waals surface area contributed by atoms with Crippen LogP contribution in [0.4, 0.5) is 0 Å². The van der Waals surface area contributed by atoms with Crippen LogP contribution in [0.5, 0.6) is 46.0 Å². The van der Waals surface area contributed by atoms with Crippen molar-refractivity contribution in [1.82, 2.24) is 0 Å². The molecule has 0 saturated heterocycles. The molecule has 13 rings (SSSR count). The zero-order valence-corrected chi connectivity index (χ0v) is 85.9. The first-order valence-corrected chi connectivity index (χ1v) is 57.5. The van der Waals surface area contributed by atoms with Crippen molar-refractivity contribution in [2.24, 2.45) is 0 Å². The van der Waals surface area contributed by atoms with Crippen molar-refractivity contribution in [3.63, 3.8) is 0 Å². The van der Waals surface area contributed by atoms with Crippen molar-refractivity contribution >= 4 is 183 Å². The maximum absolute atomic E-state index is 12.0. The van der Waals surface area contributed by atoms with Gasteiger partial charge in [0.25, 0.3) is 18.9 Å². The van der Waals surface area contributed by atoms with Gasteiger partial charge in [0, 0.05) is 22.3 Å². The SMILES string of the molecule is Brc1cccc2c1OC(c1ccccc1)O2.Brc1cccc2c1OC(c1ccccc1)O2.Brc1cccc2c1OC(c1ccccc1)O2.C#CC#CC#CC#CC.C#CC#CC#CC#CC#C.O=C(c1ccccc1)c1cccc(Br)c1O.O=Cc1cccc(Br)c1O.PP(P)P(P)P.PPP(P)P.[Li+].[Na+].[O-][I+3]([O-])([O-])[O-].[c-]1ccccc1. The van der Waals surface area contributed by atoms with Crippen LogP contribution in [0.1, 0.15) is 68.8 Å². The van der Waals surface area contributed by atoms with Crippen LogP contribution in [-0.2, 0) is 0 Å². The summed E-state index contributed by atoms with van der Waals surface area (Å²) in [6.45, 7) is 2.27. The van der Waals surface area contributed by atoms with Crippen LogP contribution >= 0.6 is 171 Å². The number of hydrogen-bond acceptors (Lipinski definition) is 14. The zero-order valence-electron chi connectivity index (χ0n) is 62.1. The number of terminal acetylenes is 3. The molecular formula is C84H67Br5ILiNaO14P11. The second kappa shape index (κ2) is 65.9. The van der Waals surface area contributed by atoms with Gasteiger partial charge in [0.15, 0.2) is 46.6 Å². The molecule has 0 amide bonds. The first-order chi connectivity index (χ1) is 55.2. The first-order valence-electron chi connectivity index (χ1n) is 31.9. The Labute approximate surface area is 788 Å². The number of hydrogen-bond donors (Lipinski definition) is 2.